The van der Waals surface area contributed by atoms with E-state index in [0.717, 1.165) is 10.1 Å². The molecule has 0 aliphatic heterocycles. The van der Waals surface area contributed by atoms with E-state index >= 15 is 0 Å². The molecule has 0 fully saturated rings. The van der Waals surface area contributed by atoms with Crippen molar-refractivity contribution in [3.63, 3.8) is 0 Å². The highest BCUT2D eigenvalue weighted by Crippen LogP contribution is 2.05. The molecule has 0 amide bonds. The molecule has 1 heterocycles. The van der Waals surface area contributed by atoms with Gasteiger partial charge >= 0.3 is 5.69 Å². The molecular formula is C15H16N2O3. The summed E-state index contributed by atoms with van der Waals surface area (Å²) < 4.78 is 2.20. The zero-order chi connectivity index (χ0) is 14.7. The Labute approximate surface area is 116 Å². The first-order valence-electron chi connectivity index (χ1n) is 6.34. The summed E-state index contributed by atoms with van der Waals surface area (Å²) in [6.07, 6.45) is 2.14. The van der Waals surface area contributed by atoms with Crippen LogP contribution in [0.15, 0.2) is 46.1 Å². The van der Waals surface area contributed by atoms with Crippen molar-refractivity contribution in [3.05, 3.63) is 68.5 Å². The van der Waals surface area contributed by atoms with Crippen LogP contribution in [-0.4, -0.2) is 14.9 Å². The smallest absolute Gasteiger partial charge is 0.303 e. The molecule has 5 nitrogen and oxygen atoms in total. The second kappa shape index (κ2) is 5.69. The lowest BCUT2D eigenvalue weighted by Crippen LogP contribution is -2.39. The highest BCUT2D eigenvalue weighted by atomic mass is 16.2. The summed E-state index contributed by atoms with van der Waals surface area (Å²) in [5.41, 5.74) is 0.133. The van der Waals surface area contributed by atoms with Crippen LogP contribution in [0.25, 0.3) is 0 Å². The molecular weight excluding hydrogens is 256 g/mol. The Morgan fingerprint density at radius 1 is 1.10 bits per heavy atom. The number of hydrogen-bond acceptors (Lipinski definition) is 3. The Morgan fingerprint density at radius 3 is 2.40 bits per heavy atom. The molecule has 2 rings (SSSR count). The van der Waals surface area contributed by atoms with Crippen LogP contribution in [-0.2, 0) is 20.5 Å². The topological polar surface area (TPSA) is 61.1 Å². The number of carbonyl (C=O) groups excluding carboxylic acids is 1. The van der Waals surface area contributed by atoms with Crippen LogP contribution in [0.3, 0.4) is 0 Å². The molecule has 0 aliphatic carbocycles. The van der Waals surface area contributed by atoms with Crippen LogP contribution in [0.4, 0.5) is 0 Å². The Balaban J connectivity index is 2.23. The molecule has 0 N–H and O–H groups in total. The Kier molecular flexibility index (Phi) is 3.98. The van der Waals surface area contributed by atoms with E-state index in [0.29, 0.717) is 6.42 Å². The van der Waals surface area contributed by atoms with Crippen molar-refractivity contribution in [2.75, 3.05) is 0 Å². The molecule has 1 aromatic carbocycles. The molecule has 0 radical (unpaired) electrons. The van der Waals surface area contributed by atoms with E-state index < -0.39 is 11.2 Å². The lowest BCUT2D eigenvalue weighted by atomic mass is 10.0. The van der Waals surface area contributed by atoms with Crippen molar-refractivity contribution in [1.29, 1.82) is 0 Å². The summed E-state index contributed by atoms with van der Waals surface area (Å²) in [5.74, 6) is -0.245. The normalized spacial score (nSPS) is 10.5. The van der Waals surface area contributed by atoms with Crippen molar-refractivity contribution in [3.8, 4) is 0 Å². The van der Waals surface area contributed by atoms with Gasteiger partial charge in [-0.2, -0.15) is 0 Å². The molecule has 104 valence electrons. The van der Waals surface area contributed by atoms with E-state index in [1.807, 2.05) is 30.3 Å². The third kappa shape index (κ3) is 2.77. The number of benzene rings is 1. The van der Waals surface area contributed by atoms with E-state index in [-0.39, 0.29) is 17.8 Å². The largest absolute Gasteiger partial charge is 0.330 e. The van der Waals surface area contributed by atoms with Crippen LogP contribution in [0.5, 0.6) is 0 Å². The second-order valence-electron chi connectivity index (χ2n) is 4.71. The Bertz CT molecular complexity index is 742. The standard InChI is InChI=1S/C15H16N2O3/c1-16-10-12(14(19)17(2)15(16)20)13(18)9-8-11-6-4-3-5-7-11/h3-7,10H,8-9H2,1-2H3. The number of aromatic nitrogens is 2. The fourth-order valence-electron chi connectivity index (χ4n) is 2.04. The average molecular weight is 272 g/mol. The number of aryl methyl sites for hydroxylation is 2. The molecule has 0 bridgehead atoms. The summed E-state index contributed by atoms with van der Waals surface area (Å²) in [4.78, 5) is 35.6. The lowest BCUT2D eigenvalue weighted by molar-refractivity contribution is 0.0979. The maximum Gasteiger partial charge on any atom is 0.330 e. The highest BCUT2D eigenvalue weighted by molar-refractivity contribution is 5.95. The number of carbonyl (C=O) groups is 1. The van der Waals surface area contributed by atoms with Gasteiger partial charge < -0.3 is 4.57 Å². The predicted octanol–water partition coefficient (Wildman–Crippen LogP) is 0.899. The third-order valence-electron chi connectivity index (χ3n) is 3.23. The van der Waals surface area contributed by atoms with Gasteiger partial charge in [0.15, 0.2) is 5.78 Å². The molecule has 0 saturated carbocycles. The predicted molar refractivity (Wildman–Crippen MR) is 76.0 cm³/mol. The fraction of sp³-hybridized carbons (Fsp3) is 0.267. The van der Waals surface area contributed by atoms with Gasteiger partial charge in [0.1, 0.15) is 0 Å². The average Bonchev–Trinajstić information content (AvgIpc) is 2.47. The molecule has 0 aliphatic rings. The summed E-state index contributed by atoms with van der Waals surface area (Å²) in [7, 11) is 2.90. The summed E-state index contributed by atoms with van der Waals surface area (Å²) in [6.45, 7) is 0. The lowest BCUT2D eigenvalue weighted by Gasteiger charge is -2.06. The monoisotopic (exact) mass is 272 g/mol. The molecule has 1 aromatic heterocycles. The molecule has 2 aromatic rings. The van der Waals surface area contributed by atoms with Crippen molar-refractivity contribution >= 4 is 5.78 Å². The van der Waals surface area contributed by atoms with Crippen LogP contribution in [0.2, 0.25) is 0 Å². The number of rotatable bonds is 4. The summed E-state index contributed by atoms with van der Waals surface area (Å²) in [5, 5.41) is 0. The first-order valence-corrected chi connectivity index (χ1v) is 6.34. The van der Waals surface area contributed by atoms with Crippen LogP contribution in [0, 0.1) is 0 Å². The van der Waals surface area contributed by atoms with Gasteiger partial charge in [-0.25, -0.2) is 4.79 Å². The Hall–Kier alpha value is -2.43. The molecule has 0 atom stereocenters. The molecule has 0 unspecified atom stereocenters. The quantitative estimate of drug-likeness (QED) is 0.777. The molecule has 20 heavy (non-hydrogen) atoms. The zero-order valence-electron chi connectivity index (χ0n) is 11.5. The number of Topliss-reactive ketones (excluding diaryl/α,β-unsaturated/α-hetero) is 1. The first kappa shape index (κ1) is 14.0. The van der Waals surface area contributed by atoms with Gasteiger partial charge in [0.25, 0.3) is 5.56 Å². The van der Waals surface area contributed by atoms with Gasteiger partial charge in [-0.05, 0) is 12.0 Å². The van der Waals surface area contributed by atoms with Gasteiger partial charge in [0.05, 0.1) is 5.56 Å². The summed E-state index contributed by atoms with van der Waals surface area (Å²) >= 11 is 0. The SMILES string of the molecule is Cn1cc(C(=O)CCc2ccccc2)c(=O)n(C)c1=O. The summed E-state index contributed by atoms with van der Waals surface area (Å²) in [6, 6.07) is 9.60. The highest BCUT2D eigenvalue weighted by Gasteiger charge is 2.14. The van der Waals surface area contributed by atoms with Crippen LogP contribution < -0.4 is 11.2 Å². The minimum atomic E-state index is -0.536. The van der Waals surface area contributed by atoms with Gasteiger partial charge in [-0.15, -0.1) is 0 Å². The Morgan fingerprint density at radius 2 is 1.75 bits per heavy atom. The van der Waals surface area contributed by atoms with Crippen LogP contribution in [0.1, 0.15) is 22.3 Å². The fourth-order valence-corrected chi connectivity index (χ4v) is 2.04. The molecule has 0 spiro atoms. The van der Waals surface area contributed by atoms with Crippen LogP contribution >= 0.6 is 0 Å². The van der Waals surface area contributed by atoms with Gasteiger partial charge in [-0.3, -0.25) is 14.2 Å². The maximum absolute atomic E-state index is 12.1. The van der Waals surface area contributed by atoms with E-state index in [9.17, 15) is 14.4 Å². The van der Waals surface area contributed by atoms with Gasteiger partial charge in [0.2, 0.25) is 0 Å². The minimum absolute atomic E-state index is 0.0607. The van der Waals surface area contributed by atoms with Crippen molar-refractivity contribution in [2.24, 2.45) is 14.1 Å². The third-order valence-corrected chi connectivity index (χ3v) is 3.23. The number of ketones is 1. The number of nitrogens with zero attached hydrogens (tertiary/aromatic N) is 2. The van der Waals surface area contributed by atoms with Gasteiger partial charge in [-0.1, -0.05) is 30.3 Å². The van der Waals surface area contributed by atoms with Crippen molar-refractivity contribution < 1.29 is 4.79 Å². The van der Waals surface area contributed by atoms with Gasteiger partial charge in [0, 0.05) is 26.7 Å². The molecule has 0 saturated heterocycles. The molecule has 5 heteroatoms. The minimum Gasteiger partial charge on any atom is -0.303 e. The number of hydrogen-bond donors (Lipinski definition) is 0. The van der Waals surface area contributed by atoms with Crippen molar-refractivity contribution in [2.45, 2.75) is 12.8 Å². The van der Waals surface area contributed by atoms with E-state index in [1.165, 1.54) is 24.9 Å². The van der Waals surface area contributed by atoms with E-state index in [4.69, 9.17) is 0 Å². The van der Waals surface area contributed by atoms with E-state index in [2.05, 4.69) is 0 Å². The second-order valence-corrected chi connectivity index (χ2v) is 4.71. The van der Waals surface area contributed by atoms with E-state index in [1.54, 1.807) is 0 Å². The zero-order valence-corrected chi connectivity index (χ0v) is 11.5. The van der Waals surface area contributed by atoms with Crippen molar-refractivity contribution in [1.82, 2.24) is 9.13 Å². The maximum atomic E-state index is 12.1. The first-order chi connectivity index (χ1) is 9.50.